The maximum absolute atomic E-state index is 13.0. The van der Waals surface area contributed by atoms with Crippen molar-refractivity contribution in [2.45, 2.75) is 32.1 Å². The van der Waals surface area contributed by atoms with E-state index in [0.29, 0.717) is 11.1 Å². The average molecular weight is 377 g/mol. The minimum atomic E-state index is -4.46. The van der Waals surface area contributed by atoms with Crippen LogP contribution in [0.5, 0.6) is 0 Å². The lowest BCUT2D eigenvalue weighted by Crippen LogP contribution is -2.40. The van der Waals surface area contributed by atoms with Crippen LogP contribution in [-0.2, 0) is 23.0 Å². The molecule has 0 N–H and O–H groups in total. The monoisotopic (exact) mass is 377 g/mol. The Morgan fingerprint density at radius 2 is 1.70 bits per heavy atom. The zero-order chi connectivity index (χ0) is 20.0. The van der Waals surface area contributed by atoms with E-state index < -0.39 is 29.2 Å². The standard InChI is InChI=1S/C20H18F3NO3/c1-19(2)16-6-4-5-14(18(26)27-3)15(16)11-24(19)17(25)12-7-9-13(10-8-12)20(21,22)23/h4-10H,11H2,1-3H3. The van der Waals surface area contributed by atoms with Crippen LogP contribution in [-0.4, -0.2) is 23.9 Å². The lowest BCUT2D eigenvalue weighted by molar-refractivity contribution is -0.137. The number of esters is 1. The Kier molecular flexibility index (Phi) is 4.49. The largest absolute Gasteiger partial charge is 0.465 e. The summed E-state index contributed by atoms with van der Waals surface area (Å²) in [4.78, 5) is 26.5. The highest BCUT2D eigenvalue weighted by Gasteiger charge is 2.42. The zero-order valence-electron chi connectivity index (χ0n) is 15.1. The lowest BCUT2D eigenvalue weighted by atomic mass is 9.91. The van der Waals surface area contributed by atoms with E-state index >= 15 is 0 Å². The van der Waals surface area contributed by atoms with E-state index in [9.17, 15) is 22.8 Å². The number of nitrogens with zero attached hydrogens (tertiary/aromatic N) is 1. The van der Waals surface area contributed by atoms with Crippen molar-refractivity contribution < 1.29 is 27.5 Å². The Balaban J connectivity index is 1.96. The van der Waals surface area contributed by atoms with Crippen LogP contribution in [0, 0.1) is 0 Å². The molecule has 0 fully saturated rings. The molecule has 0 spiro atoms. The van der Waals surface area contributed by atoms with Crippen LogP contribution in [0.2, 0.25) is 0 Å². The molecule has 7 heteroatoms. The van der Waals surface area contributed by atoms with Crippen molar-refractivity contribution in [3.63, 3.8) is 0 Å². The van der Waals surface area contributed by atoms with Gasteiger partial charge < -0.3 is 9.64 Å². The minimum Gasteiger partial charge on any atom is -0.465 e. The molecule has 0 aromatic heterocycles. The molecule has 0 atom stereocenters. The van der Waals surface area contributed by atoms with Crippen LogP contribution < -0.4 is 0 Å². The summed E-state index contributed by atoms with van der Waals surface area (Å²) in [5.41, 5.74) is 0.504. The average Bonchev–Trinajstić information content (AvgIpc) is 2.91. The molecule has 1 aliphatic heterocycles. The number of alkyl halides is 3. The number of hydrogen-bond donors (Lipinski definition) is 0. The molecular weight excluding hydrogens is 359 g/mol. The summed E-state index contributed by atoms with van der Waals surface area (Å²) in [6.45, 7) is 3.84. The van der Waals surface area contributed by atoms with E-state index in [1.165, 1.54) is 19.2 Å². The van der Waals surface area contributed by atoms with Gasteiger partial charge in [-0.25, -0.2) is 4.79 Å². The van der Waals surface area contributed by atoms with Gasteiger partial charge in [-0.05, 0) is 55.3 Å². The third kappa shape index (κ3) is 3.18. The van der Waals surface area contributed by atoms with Gasteiger partial charge in [0.1, 0.15) is 0 Å². The minimum absolute atomic E-state index is 0.156. The summed E-state index contributed by atoms with van der Waals surface area (Å²) in [6.07, 6.45) is -4.46. The summed E-state index contributed by atoms with van der Waals surface area (Å²) >= 11 is 0. The van der Waals surface area contributed by atoms with Crippen molar-refractivity contribution in [2.75, 3.05) is 7.11 Å². The van der Waals surface area contributed by atoms with E-state index in [0.717, 1.165) is 17.7 Å². The number of ether oxygens (including phenoxy) is 1. The molecule has 0 unspecified atom stereocenters. The first-order valence-electron chi connectivity index (χ1n) is 8.27. The number of amides is 1. The predicted molar refractivity (Wildman–Crippen MR) is 92.1 cm³/mol. The summed E-state index contributed by atoms with van der Waals surface area (Å²) in [5, 5.41) is 0. The second-order valence-electron chi connectivity index (χ2n) is 6.85. The van der Waals surface area contributed by atoms with Gasteiger partial charge >= 0.3 is 12.1 Å². The molecule has 27 heavy (non-hydrogen) atoms. The van der Waals surface area contributed by atoms with Crippen LogP contribution in [0.3, 0.4) is 0 Å². The van der Waals surface area contributed by atoms with E-state index in [1.54, 1.807) is 17.0 Å². The van der Waals surface area contributed by atoms with Crippen LogP contribution >= 0.6 is 0 Å². The molecular formula is C20H18F3NO3. The van der Waals surface area contributed by atoms with E-state index in [-0.39, 0.29) is 12.1 Å². The first-order valence-corrected chi connectivity index (χ1v) is 8.27. The predicted octanol–water partition coefficient (Wildman–Crippen LogP) is 4.38. The first-order chi connectivity index (χ1) is 12.6. The number of benzene rings is 2. The van der Waals surface area contributed by atoms with Gasteiger partial charge in [0.05, 0.1) is 23.8 Å². The molecule has 0 saturated heterocycles. The van der Waals surface area contributed by atoms with Crippen molar-refractivity contribution in [1.29, 1.82) is 0 Å². The molecule has 2 aromatic carbocycles. The number of carbonyl (C=O) groups is 2. The summed E-state index contributed by atoms with van der Waals surface area (Å²) in [6, 6.07) is 9.32. The van der Waals surface area contributed by atoms with Crippen LogP contribution in [0.4, 0.5) is 13.2 Å². The van der Waals surface area contributed by atoms with Gasteiger partial charge in [-0.3, -0.25) is 4.79 Å². The number of rotatable bonds is 2. The smallest absolute Gasteiger partial charge is 0.416 e. The van der Waals surface area contributed by atoms with Crippen molar-refractivity contribution in [2.24, 2.45) is 0 Å². The highest BCUT2D eigenvalue weighted by Crippen LogP contribution is 2.41. The fourth-order valence-electron chi connectivity index (χ4n) is 3.42. The topological polar surface area (TPSA) is 46.6 Å². The molecule has 0 saturated carbocycles. The molecule has 0 radical (unpaired) electrons. The fraction of sp³-hybridized carbons (Fsp3) is 0.300. The molecule has 4 nitrogen and oxygen atoms in total. The first kappa shape index (κ1) is 18.9. The van der Waals surface area contributed by atoms with E-state index in [4.69, 9.17) is 4.74 Å². The molecule has 0 aliphatic carbocycles. The van der Waals surface area contributed by atoms with Crippen LogP contribution in [0.15, 0.2) is 42.5 Å². The Hall–Kier alpha value is -2.83. The van der Waals surface area contributed by atoms with E-state index in [1.807, 2.05) is 19.9 Å². The second kappa shape index (κ2) is 6.40. The number of methoxy groups -OCH3 is 1. The second-order valence-corrected chi connectivity index (χ2v) is 6.85. The Morgan fingerprint density at radius 1 is 1.07 bits per heavy atom. The zero-order valence-corrected chi connectivity index (χ0v) is 15.1. The van der Waals surface area contributed by atoms with Gasteiger partial charge in [-0.15, -0.1) is 0 Å². The Morgan fingerprint density at radius 3 is 2.26 bits per heavy atom. The molecule has 2 aromatic rings. The molecule has 142 valence electrons. The molecule has 3 rings (SSSR count). The number of hydrogen-bond acceptors (Lipinski definition) is 3. The Bertz CT molecular complexity index is 902. The van der Waals surface area contributed by atoms with Crippen molar-refractivity contribution in [1.82, 2.24) is 4.90 Å². The van der Waals surface area contributed by atoms with Gasteiger partial charge in [0, 0.05) is 12.1 Å². The van der Waals surface area contributed by atoms with E-state index in [2.05, 4.69) is 0 Å². The number of fused-ring (bicyclic) bond motifs is 1. The molecule has 1 amide bonds. The van der Waals surface area contributed by atoms with Crippen LogP contribution in [0.25, 0.3) is 0 Å². The molecule has 1 aliphatic rings. The SMILES string of the molecule is COC(=O)c1cccc2c1CN(C(=O)c1ccc(C(F)(F)F)cc1)C2(C)C. The van der Waals surface area contributed by atoms with Gasteiger partial charge in [0.2, 0.25) is 0 Å². The van der Waals surface area contributed by atoms with Crippen molar-refractivity contribution in [3.05, 3.63) is 70.3 Å². The molecule has 0 bridgehead atoms. The highest BCUT2D eigenvalue weighted by molar-refractivity contribution is 5.97. The normalized spacial score (nSPS) is 15.4. The Labute approximate surface area is 154 Å². The maximum Gasteiger partial charge on any atom is 0.416 e. The summed E-state index contributed by atoms with van der Waals surface area (Å²) in [7, 11) is 1.28. The van der Waals surface area contributed by atoms with Crippen molar-refractivity contribution >= 4 is 11.9 Å². The number of halogens is 3. The van der Waals surface area contributed by atoms with Crippen molar-refractivity contribution in [3.8, 4) is 0 Å². The third-order valence-corrected chi connectivity index (χ3v) is 4.94. The summed E-state index contributed by atoms with van der Waals surface area (Å²) < 4.78 is 43.0. The number of carbonyl (C=O) groups excluding carboxylic acids is 2. The quantitative estimate of drug-likeness (QED) is 0.730. The fourth-order valence-corrected chi connectivity index (χ4v) is 3.42. The third-order valence-electron chi connectivity index (χ3n) is 4.94. The van der Waals surface area contributed by atoms with Gasteiger partial charge in [0.25, 0.3) is 5.91 Å². The lowest BCUT2D eigenvalue weighted by Gasteiger charge is -2.32. The summed E-state index contributed by atoms with van der Waals surface area (Å²) in [5.74, 6) is -0.896. The van der Waals surface area contributed by atoms with Gasteiger partial charge in [-0.2, -0.15) is 13.2 Å². The maximum atomic E-state index is 13.0. The highest BCUT2D eigenvalue weighted by atomic mass is 19.4. The molecule has 1 heterocycles. The van der Waals surface area contributed by atoms with Gasteiger partial charge in [0.15, 0.2) is 0 Å². The van der Waals surface area contributed by atoms with Gasteiger partial charge in [-0.1, -0.05) is 12.1 Å². The van der Waals surface area contributed by atoms with Crippen LogP contribution in [0.1, 0.15) is 51.3 Å².